The maximum absolute atomic E-state index is 12.9. The highest BCUT2D eigenvalue weighted by Crippen LogP contribution is 2.25. The largest absolute Gasteiger partial charge is 0.497 e. The molecule has 1 aliphatic rings. The molecule has 0 bridgehead atoms. The number of carbonyl (C=O) groups is 2. The number of nitrogens with one attached hydrogen (secondary N) is 3. The highest BCUT2D eigenvalue weighted by atomic mass is 35.5. The number of hydrogen-bond donors (Lipinski definition) is 3. The number of rotatable bonds is 6. The van der Waals surface area contributed by atoms with Crippen LogP contribution in [0.5, 0.6) is 5.75 Å². The van der Waals surface area contributed by atoms with Crippen molar-refractivity contribution in [1.82, 2.24) is 4.90 Å². The lowest BCUT2D eigenvalue weighted by atomic mass is 10.1. The van der Waals surface area contributed by atoms with Crippen molar-refractivity contribution in [2.24, 2.45) is 0 Å². The van der Waals surface area contributed by atoms with Gasteiger partial charge in [0.2, 0.25) is 0 Å². The fraction of sp³-hybridized carbons (Fsp3) is 0.125. The van der Waals surface area contributed by atoms with Gasteiger partial charge in [0.1, 0.15) is 11.6 Å². The molecule has 3 aromatic rings. The van der Waals surface area contributed by atoms with Gasteiger partial charge in [-0.05, 0) is 54.6 Å². The fourth-order valence-corrected chi connectivity index (χ4v) is 3.23. The Bertz CT molecular complexity index is 1170. The third kappa shape index (κ3) is 4.90. The molecule has 1 aliphatic heterocycles. The molecule has 162 valence electrons. The fourth-order valence-electron chi connectivity index (χ4n) is 3.11. The van der Waals surface area contributed by atoms with Crippen LogP contribution in [0.2, 0.25) is 5.02 Å². The Labute approximate surface area is 190 Å². The zero-order valence-corrected chi connectivity index (χ0v) is 18.1. The van der Waals surface area contributed by atoms with Gasteiger partial charge in [-0.15, -0.1) is 0 Å². The van der Waals surface area contributed by atoms with Gasteiger partial charge in [-0.25, -0.2) is 0 Å². The number of amides is 2. The predicted molar refractivity (Wildman–Crippen MR) is 125 cm³/mol. The summed E-state index contributed by atoms with van der Waals surface area (Å²) in [6.45, 7) is 1.78. The molecular formula is C24H21ClN4O3. The summed E-state index contributed by atoms with van der Waals surface area (Å²) >= 11 is 5.90. The first-order valence-electron chi connectivity index (χ1n) is 9.95. The summed E-state index contributed by atoms with van der Waals surface area (Å²) < 4.78 is 5.24. The number of hydrogen-bond acceptors (Lipinski definition) is 4. The van der Waals surface area contributed by atoms with E-state index >= 15 is 0 Å². The van der Waals surface area contributed by atoms with Gasteiger partial charge in [0, 0.05) is 34.9 Å². The van der Waals surface area contributed by atoms with Crippen molar-refractivity contribution >= 4 is 40.6 Å². The lowest BCUT2D eigenvalue weighted by molar-refractivity contribution is 0.102. The van der Waals surface area contributed by atoms with E-state index in [0.717, 1.165) is 18.7 Å². The van der Waals surface area contributed by atoms with Gasteiger partial charge >= 0.3 is 0 Å². The molecular weight excluding hydrogens is 428 g/mol. The first kappa shape index (κ1) is 21.4. The van der Waals surface area contributed by atoms with Crippen LogP contribution >= 0.6 is 11.6 Å². The van der Waals surface area contributed by atoms with Gasteiger partial charge in [0.05, 0.1) is 18.4 Å². The molecule has 1 heterocycles. The number of carbonyl (C=O) groups excluding carboxylic acids is 2. The summed E-state index contributed by atoms with van der Waals surface area (Å²) in [5, 5.41) is 14.2. The van der Waals surface area contributed by atoms with E-state index < -0.39 is 5.91 Å². The van der Waals surface area contributed by atoms with Crippen LogP contribution in [0.25, 0.3) is 0 Å². The molecule has 2 amide bonds. The van der Waals surface area contributed by atoms with Crippen LogP contribution in [0.1, 0.15) is 26.3 Å². The van der Waals surface area contributed by atoms with E-state index in [2.05, 4.69) is 10.6 Å². The van der Waals surface area contributed by atoms with Crippen molar-refractivity contribution in [3.8, 4) is 5.75 Å². The van der Waals surface area contributed by atoms with E-state index in [1.54, 1.807) is 66.7 Å². The number of methoxy groups -OCH3 is 1. The standard InChI is InChI=1S/C24H21ClN4O3/c1-32-19-10-11-21(20(14-19)24(31)27-18-8-6-17(25)7-9-18)28-23(30)16-4-2-15(3-5-16)22(26)29-12-13-29/h2-11,14,26H,12-13H2,1H3,(H,27,31)(H,28,30). The second-order valence-corrected chi connectivity index (χ2v) is 7.68. The summed E-state index contributed by atoms with van der Waals surface area (Å²) in [5.41, 5.74) is 2.36. The Balaban J connectivity index is 1.53. The van der Waals surface area contributed by atoms with E-state index in [-0.39, 0.29) is 11.5 Å². The molecule has 7 nitrogen and oxygen atoms in total. The number of ether oxygens (including phenoxy) is 1. The van der Waals surface area contributed by atoms with Crippen LogP contribution in [0.4, 0.5) is 11.4 Å². The van der Waals surface area contributed by atoms with E-state index in [1.165, 1.54) is 7.11 Å². The maximum Gasteiger partial charge on any atom is 0.257 e. The molecule has 3 N–H and O–H groups in total. The molecule has 1 fully saturated rings. The summed E-state index contributed by atoms with van der Waals surface area (Å²) in [5.74, 6) is 0.180. The lowest BCUT2D eigenvalue weighted by Gasteiger charge is -2.13. The van der Waals surface area contributed by atoms with Crippen molar-refractivity contribution < 1.29 is 14.3 Å². The molecule has 8 heteroatoms. The van der Waals surface area contributed by atoms with Gasteiger partial charge in [0.15, 0.2) is 0 Å². The Kier molecular flexibility index (Phi) is 6.09. The Morgan fingerprint density at radius 1 is 0.906 bits per heavy atom. The van der Waals surface area contributed by atoms with Gasteiger partial charge in [-0.1, -0.05) is 23.7 Å². The van der Waals surface area contributed by atoms with Crippen LogP contribution in [-0.2, 0) is 0 Å². The molecule has 0 unspecified atom stereocenters. The molecule has 3 aromatic carbocycles. The van der Waals surface area contributed by atoms with Crippen molar-refractivity contribution in [1.29, 1.82) is 5.41 Å². The van der Waals surface area contributed by atoms with Gasteiger partial charge < -0.3 is 20.3 Å². The second kappa shape index (κ2) is 9.11. The molecule has 1 saturated heterocycles. The number of amidine groups is 1. The first-order valence-corrected chi connectivity index (χ1v) is 10.3. The summed E-state index contributed by atoms with van der Waals surface area (Å²) in [6, 6.07) is 18.4. The minimum atomic E-state index is -0.399. The summed E-state index contributed by atoms with van der Waals surface area (Å²) in [6.07, 6.45) is 0. The van der Waals surface area contributed by atoms with Gasteiger partial charge in [-0.3, -0.25) is 15.0 Å². The van der Waals surface area contributed by atoms with Crippen LogP contribution < -0.4 is 15.4 Å². The van der Waals surface area contributed by atoms with E-state index in [9.17, 15) is 9.59 Å². The molecule has 0 spiro atoms. The minimum Gasteiger partial charge on any atom is -0.497 e. The van der Waals surface area contributed by atoms with E-state index in [1.807, 2.05) is 4.90 Å². The average molecular weight is 449 g/mol. The Morgan fingerprint density at radius 3 is 2.19 bits per heavy atom. The normalized spacial score (nSPS) is 12.1. The van der Waals surface area contributed by atoms with Crippen molar-refractivity contribution in [2.75, 3.05) is 30.8 Å². The lowest BCUT2D eigenvalue weighted by Crippen LogP contribution is -2.18. The maximum atomic E-state index is 12.9. The zero-order valence-electron chi connectivity index (χ0n) is 17.3. The molecule has 0 atom stereocenters. The van der Waals surface area contributed by atoms with Crippen LogP contribution in [-0.4, -0.2) is 42.7 Å². The SMILES string of the molecule is COc1ccc(NC(=O)c2ccc(C(=N)N3CC3)cc2)c(C(=O)Nc2ccc(Cl)cc2)c1. The number of anilines is 2. The smallest absolute Gasteiger partial charge is 0.257 e. The van der Waals surface area contributed by atoms with E-state index in [0.29, 0.717) is 33.5 Å². The Morgan fingerprint density at radius 2 is 1.56 bits per heavy atom. The third-order valence-corrected chi connectivity index (χ3v) is 5.26. The van der Waals surface area contributed by atoms with Crippen molar-refractivity contribution in [3.05, 3.63) is 88.4 Å². The van der Waals surface area contributed by atoms with Gasteiger partial charge in [-0.2, -0.15) is 0 Å². The van der Waals surface area contributed by atoms with Gasteiger partial charge in [0.25, 0.3) is 11.8 Å². The van der Waals surface area contributed by atoms with E-state index in [4.69, 9.17) is 21.7 Å². The highest BCUT2D eigenvalue weighted by molar-refractivity contribution is 6.30. The van der Waals surface area contributed by atoms with Crippen molar-refractivity contribution in [2.45, 2.75) is 0 Å². The zero-order chi connectivity index (χ0) is 22.7. The molecule has 32 heavy (non-hydrogen) atoms. The molecule has 0 aliphatic carbocycles. The van der Waals surface area contributed by atoms with Crippen molar-refractivity contribution in [3.63, 3.8) is 0 Å². The number of nitrogens with zero attached hydrogens (tertiary/aromatic N) is 1. The predicted octanol–water partition coefficient (Wildman–Crippen LogP) is 4.49. The quantitative estimate of drug-likeness (QED) is 0.294. The monoisotopic (exact) mass is 448 g/mol. The Hall–Kier alpha value is -3.84. The summed E-state index contributed by atoms with van der Waals surface area (Å²) in [4.78, 5) is 27.7. The molecule has 0 radical (unpaired) electrons. The summed E-state index contributed by atoms with van der Waals surface area (Å²) in [7, 11) is 1.51. The average Bonchev–Trinajstić information content (AvgIpc) is 3.66. The van der Waals surface area contributed by atoms with Crippen LogP contribution in [0.3, 0.4) is 0 Å². The third-order valence-electron chi connectivity index (χ3n) is 5.01. The molecule has 0 aromatic heterocycles. The topological polar surface area (TPSA) is 94.3 Å². The first-order chi connectivity index (χ1) is 15.4. The highest BCUT2D eigenvalue weighted by Gasteiger charge is 2.22. The number of benzene rings is 3. The molecule has 0 saturated carbocycles. The van der Waals surface area contributed by atoms with Crippen LogP contribution in [0, 0.1) is 5.41 Å². The van der Waals surface area contributed by atoms with Crippen LogP contribution in [0.15, 0.2) is 66.7 Å². The molecule has 4 rings (SSSR count). The second-order valence-electron chi connectivity index (χ2n) is 7.24. The number of halogens is 1. The minimum absolute atomic E-state index is 0.257.